The summed E-state index contributed by atoms with van der Waals surface area (Å²) in [5.41, 5.74) is 0. The molecule has 76 valence electrons. The first-order valence-electron chi connectivity index (χ1n) is 5.05. The summed E-state index contributed by atoms with van der Waals surface area (Å²) in [6, 6.07) is -0.163. The minimum absolute atomic E-state index is 0.163. The highest BCUT2D eigenvalue weighted by Crippen LogP contribution is 2.33. The third kappa shape index (κ3) is 4.27. The first-order valence-corrected chi connectivity index (χ1v) is 5.05. The number of carbonyl (C=O) groups excluding carboxylic acids is 1. The lowest BCUT2D eigenvalue weighted by atomic mass is 10.2. The number of rotatable bonds is 6. The van der Waals surface area contributed by atoms with E-state index in [1.165, 1.54) is 32.8 Å². The van der Waals surface area contributed by atoms with Gasteiger partial charge >= 0.3 is 5.97 Å². The molecule has 1 fully saturated rings. The molecule has 3 nitrogen and oxygen atoms in total. The minimum Gasteiger partial charge on any atom is -0.468 e. The molecular formula is C10H19NO2. The van der Waals surface area contributed by atoms with Crippen molar-refractivity contribution in [2.75, 3.05) is 13.7 Å². The van der Waals surface area contributed by atoms with E-state index in [0.717, 1.165) is 12.5 Å². The quantitative estimate of drug-likeness (QED) is 0.501. The van der Waals surface area contributed by atoms with Crippen molar-refractivity contribution >= 4 is 5.97 Å². The molecular weight excluding hydrogens is 166 g/mol. The number of nitrogens with one attached hydrogen (secondary N) is 1. The second-order valence-corrected chi connectivity index (χ2v) is 3.78. The van der Waals surface area contributed by atoms with E-state index in [0.29, 0.717) is 0 Å². The van der Waals surface area contributed by atoms with Crippen LogP contribution >= 0.6 is 0 Å². The number of hydrogen-bond acceptors (Lipinski definition) is 3. The first kappa shape index (κ1) is 10.5. The third-order valence-corrected chi connectivity index (χ3v) is 2.49. The second-order valence-electron chi connectivity index (χ2n) is 3.78. The maximum Gasteiger partial charge on any atom is 0.322 e. The van der Waals surface area contributed by atoms with Crippen molar-refractivity contribution in [2.45, 2.75) is 38.6 Å². The van der Waals surface area contributed by atoms with Gasteiger partial charge in [-0.15, -0.1) is 0 Å². The number of ether oxygens (including phenoxy) is 1. The lowest BCUT2D eigenvalue weighted by Crippen LogP contribution is -2.35. The first-order chi connectivity index (χ1) is 6.24. The van der Waals surface area contributed by atoms with Crippen LogP contribution in [0.25, 0.3) is 0 Å². The highest BCUT2D eigenvalue weighted by molar-refractivity contribution is 5.74. The van der Waals surface area contributed by atoms with Gasteiger partial charge in [-0.25, -0.2) is 0 Å². The van der Waals surface area contributed by atoms with Crippen LogP contribution in [-0.2, 0) is 9.53 Å². The van der Waals surface area contributed by atoms with Crippen molar-refractivity contribution in [3.63, 3.8) is 0 Å². The SMILES string of the molecule is COC(=O)C(C)NCCCC1CC1. The van der Waals surface area contributed by atoms with Gasteiger partial charge in [0.15, 0.2) is 0 Å². The van der Waals surface area contributed by atoms with Crippen molar-refractivity contribution < 1.29 is 9.53 Å². The summed E-state index contributed by atoms with van der Waals surface area (Å²) in [5.74, 6) is 0.807. The van der Waals surface area contributed by atoms with Crippen LogP contribution in [0.5, 0.6) is 0 Å². The van der Waals surface area contributed by atoms with Crippen LogP contribution in [0.4, 0.5) is 0 Å². The van der Waals surface area contributed by atoms with Gasteiger partial charge in [0, 0.05) is 0 Å². The van der Waals surface area contributed by atoms with Crippen molar-refractivity contribution in [2.24, 2.45) is 5.92 Å². The molecule has 0 radical (unpaired) electrons. The number of methoxy groups -OCH3 is 1. The van der Waals surface area contributed by atoms with Gasteiger partial charge in [-0.3, -0.25) is 4.79 Å². The van der Waals surface area contributed by atoms with Crippen LogP contribution in [0, 0.1) is 5.92 Å². The average molecular weight is 185 g/mol. The topological polar surface area (TPSA) is 38.3 Å². The van der Waals surface area contributed by atoms with Gasteiger partial charge in [0.1, 0.15) is 6.04 Å². The molecule has 0 spiro atoms. The molecule has 1 saturated carbocycles. The van der Waals surface area contributed by atoms with Gasteiger partial charge in [0.05, 0.1) is 7.11 Å². The molecule has 1 aliphatic carbocycles. The Labute approximate surface area is 79.8 Å². The second kappa shape index (κ2) is 5.22. The van der Waals surface area contributed by atoms with Crippen LogP contribution in [0.2, 0.25) is 0 Å². The largest absolute Gasteiger partial charge is 0.468 e. The lowest BCUT2D eigenvalue weighted by Gasteiger charge is -2.10. The Morgan fingerprint density at radius 1 is 1.62 bits per heavy atom. The van der Waals surface area contributed by atoms with E-state index < -0.39 is 0 Å². The molecule has 0 heterocycles. The predicted octanol–water partition coefficient (Wildman–Crippen LogP) is 1.33. The highest BCUT2D eigenvalue weighted by Gasteiger charge is 2.20. The Balaban J connectivity index is 1.93. The van der Waals surface area contributed by atoms with Crippen molar-refractivity contribution in [3.05, 3.63) is 0 Å². The van der Waals surface area contributed by atoms with Crippen LogP contribution < -0.4 is 5.32 Å². The summed E-state index contributed by atoms with van der Waals surface area (Å²) in [5, 5.41) is 3.14. The van der Waals surface area contributed by atoms with E-state index in [1.54, 1.807) is 0 Å². The van der Waals surface area contributed by atoms with E-state index in [-0.39, 0.29) is 12.0 Å². The normalized spacial score (nSPS) is 18.3. The summed E-state index contributed by atoms with van der Waals surface area (Å²) in [7, 11) is 1.42. The third-order valence-electron chi connectivity index (χ3n) is 2.49. The molecule has 0 amide bonds. The molecule has 1 aliphatic rings. The summed E-state index contributed by atoms with van der Waals surface area (Å²) in [6.45, 7) is 2.76. The minimum atomic E-state index is -0.175. The molecule has 0 aliphatic heterocycles. The van der Waals surface area contributed by atoms with Gasteiger partial charge in [-0.2, -0.15) is 0 Å². The van der Waals surface area contributed by atoms with E-state index >= 15 is 0 Å². The van der Waals surface area contributed by atoms with Crippen LogP contribution in [0.1, 0.15) is 32.6 Å². The van der Waals surface area contributed by atoms with Gasteiger partial charge in [-0.05, 0) is 32.2 Å². The molecule has 1 atom stereocenters. The molecule has 0 aromatic rings. The molecule has 0 aromatic heterocycles. The molecule has 1 unspecified atom stereocenters. The van der Waals surface area contributed by atoms with E-state index in [9.17, 15) is 4.79 Å². The Kier molecular flexibility index (Phi) is 4.22. The van der Waals surface area contributed by atoms with Gasteiger partial charge in [0.2, 0.25) is 0 Å². The molecule has 0 saturated heterocycles. The van der Waals surface area contributed by atoms with E-state index in [4.69, 9.17) is 0 Å². The van der Waals surface area contributed by atoms with Crippen molar-refractivity contribution in [3.8, 4) is 0 Å². The molecule has 1 rings (SSSR count). The van der Waals surface area contributed by atoms with E-state index in [2.05, 4.69) is 10.1 Å². The van der Waals surface area contributed by atoms with E-state index in [1.807, 2.05) is 6.92 Å². The number of hydrogen-bond donors (Lipinski definition) is 1. The fraction of sp³-hybridized carbons (Fsp3) is 0.900. The molecule has 1 N–H and O–H groups in total. The van der Waals surface area contributed by atoms with Crippen molar-refractivity contribution in [1.82, 2.24) is 5.32 Å². The van der Waals surface area contributed by atoms with Gasteiger partial charge in [-0.1, -0.05) is 12.8 Å². The maximum atomic E-state index is 11.0. The Bertz CT molecular complexity index is 166. The monoisotopic (exact) mass is 185 g/mol. The van der Waals surface area contributed by atoms with Crippen molar-refractivity contribution in [1.29, 1.82) is 0 Å². The van der Waals surface area contributed by atoms with Gasteiger partial charge in [0.25, 0.3) is 0 Å². The number of esters is 1. The summed E-state index contributed by atoms with van der Waals surface area (Å²) in [4.78, 5) is 11.0. The lowest BCUT2D eigenvalue weighted by molar-refractivity contribution is -0.142. The van der Waals surface area contributed by atoms with Crippen LogP contribution in [0.3, 0.4) is 0 Å². The molecule has 0 bridgehead atoms. The zero-order valence-corrected chi connectivity index (χ0v) is 8.51. The number of carbonyl (C=O) groups is 1. The standard InChI is InChI=1S/C10H19NO2/c1-8(10(12)13-2)11-7-3-4-9-5-6-9/h8-9,11H,3-7H2,1-2H3. The smallest absolute Gasteiger partial charge is 0.322 e. The fourth-order valence-electron chi connectivity index (χ4n) is 1.38. The zero-order valence-electron chi connectivity index (χ0n) is 8.51. The zero-order chi connectivity index (χ0) is 9.68. The molecule has 3 heteroatoms. The molecule has 0 aromatic carbocycles. The Morgan fingerprint density at radius 2 is 2.31 bits per heavy atom. The summed E-state index contributed by atoms with van der Waals surface area (Å²) < 4.78 is 4.60. The van der Waals surface area contributed by atoms with Crippen LogP contribution in [0.15, 0.2) is 0 Å². The Morgan fingerprint density at radius 3 is 2.85 bits per heavy atom. The molecule has 13 heavy (non-hydrogen) atoms. The van der Waals surface area contributed by atoms with Crippen LogP contribution in [-0.4, -0.2) is 25.7 Å². The highest BCUT2D eigenvalue weighted by atomic mass is 16.5. The van der Waals surface area contributed by atoms with Gasteiger partial charge < -0.3 is 10.1 Å². The average Bonchev–Trinajstić information content (AvgIpc) is 2.94. The Hall–Kier alpha value is -0.570. The predicted molar refractivity (Wildman–Crippen MR) is 51.4 cm³/mol. The summed E-state index contributed by atoms with van der Waals surface area (Å²) in [6.07, 6.45) is 5.30. The fourth-order valence-corrected chi connectivity index (χ4v) is 1.38. The summed E-state index contributed by atoms with van der Waals surface area (Å²) >= 11 is 0. The maximum absolute atomic E-state index is 11.0.